The van der Waals surface area contributed by atoms with Crippen molar-refractivity contribution in [1.82, 2.24) is 0 Å². The second kappa shape index (κ2) is 10.4. The van der Waals surface area contributed by atoms with Crippen LogP contribution in [-0.2, 0) is 6.42 Å². The summed E-state index contributed by atoms with van der Waals surface area (Å²) in [5.41, 5.74) is 1.67. The lowest BCUT2D eigenvalue weighted by Crippen LogP contribution is -2.25. The summed E-state index contributed by atoms with van der Waals surface area (Å²) >= 11 is 0. The summed E-state index contributed by atoms with van der Waals surface area (Å²) in [6, 6.07) is 5.09. The Bertz CT molecular complexity index is 1050. The van der Waals surface area contributed by atoms with Crippen molar-refractivity contribution in [2.24, 2.45) is 17.8 Å². The van der Waals surface area contributed by atoms with Crippen LogP contribution in [0.1, 0.15) is 101 Å². The van der Waals surface area contributed by atoms with Gasteiger partial charge in [0, 0.05) is 17.5 Å². The van der Waals surface area contributed by atoms with E-state index in [1.165, 1.54) is 38.5 Å². The molecular formula is C30H37F3O2. The van der Waals surface area contributed by atoms with Crippen molar-refractivity contribution in [2.75, 3.05) is 6.61 Å². The molecule has 2 saturated carbocycles. The van der Waals surface area contributed by atoms with Gasteiger partial charge in [0.25, 0.3) is 0 Å². The van der Waals surface area contributed by atoms with E-state index < -0.39 is 17.5 Å². The Morgan fingerprint density at radius 1 is 0.800 bits per heavy atom. The summed E-state index contributed by atoms with van der Waals surface area (Å²) < 4.78 is 56.1. The summed E-state index contributed by atoms with van der Waals surface area (Å²) in [4.78, 5) is 0. The van der Waals surface area contributed by atoms with Gasteiger partial charge in [-0.2, -0.15) is 8.78 Å². The van der Waals surface area contributed by atoms with Gasteiger partial charge in [-0.1, -0.05) is 38.7 Å². The van der Waals surface area contributed by atoms with Gasteiger partial charge in [0.2, 0.25) is 11.6 Å². The van der Waals surface area contributed by atoms with Crippen molar-refractivity contribution in [1.29, 1.82) is 0 Å². The zero-order chi connectivity index (χ0) is 24.5. The van der Waals surface area contributed by atoms with E-state index in [2.05, 4.69) is 6.92 Å². The van der Waals surface area contributed by atoms with E-state index in [1.807, 2.05) is 0 Å². The van der Waals surface area contributed by atoms with Crippen molar-refractivity contribution in [3.8, 4) is 17.2 Å². The van der Waals surface area contributed by atoms with Crippen LogP contribution in [0.3, 0.4) is 0 Å². The van der Waals surface area contributed by atoms with E-state index in [0.29, 0.717) is 29.7 Å². The lowest BCUT2D eigenvalue weighted by molar-refractivity contribution is 0.155. The molecule has 0 aromatic heterocycles. The van der Waals surface area contributed by atoms with E-state index in [9.17, 15) is 4.39 Å². The van der Waals surface area contributed by atoms with Crippen molar-refractivity contribution in [3.05, 3.63) is 52.3 Å². The average Bonchev–Trinajstić information content (AvgIpc) is 2.88. The maximum atomic E-state index is 15.2. The van der Waals surface area contributed by atoms with Gasteiger partial charge in [0.05, 0.1) is 6.61 Å². The van der Waals surface area contributed by atoms with Crippen LogP contribution in [0.15, 0.2) is 18.2 Å². The molecule has 2 aromatic carbocycles. The molecule has 2 aromatic rings. The van der Waals surface area contributed by atoms with Gasteiger partial charge < -0.3 is 9.47 Å². The first kappa shape index (κ1) is 24.5. The molecule has 0 saturated heterocycles. The fourth-order valence-corrected chi connectivity index (χ4v) is 6.88. The number of fused-ring (bicyclic) bond motifs is 2. The van der Waals surface area contributed by atoms with E-state index >= 15 is 8.78 Å². The Morgan fingerprint density at radius 3 is 2.11 bits per heavy atom. The molecule has 0 atom stereocenters. The minimum absolute atomic E-state index is 0.0287. The van der Waals surface area contributed by atoms with E-state index in [1.54, 1.807) is 25.1 Å². The summed E-state index contributed by atoms with van der Waals surface area (Å²) in [6.45, 7) is 4.34. The number of rotatable bonds is 6. The van der Waals surface area contributed by atoms with Crippen LogP contribution in [0.25, 0.3) is 0 Å². The molecule has 5 rings (SSSR count). The van der Waals surface area contributed by atoms with Crippen molar-refractivity contribution in [2.45, 2.75) is 90.4 Å². The van der Waals surface area contributed by atoms with Gasteiger partial charge in [-0.25, -0.2) is 4.39 Å². The minimum Gasteiger partial charge on any atom is -0.491 e. The van der Waals surface area contributed by atoms with E-state index in [0.717, 1.165) is 43.4 Å². The van der Waals surface area contributed by atoms with Crippen LogP contribution in [0, 0.1) is 35.2 Å². The highest BCUT2D eigenvalue weighted by Crippen LogP contribution is 2.48. The third kappa shape index (κ3) is 4.80. The molecule has 3 aliphatic rings. The van der Waals surface area contributed by atoms with Gasteiger partial charge in [-0.15, -0.1) is 0 Å². The third-order valence-corrected chi connectivity index (χ3v) is 8.76. The fraction of sp³-hybridized carbons (Fsp3) is 0.600. The van der Waals surface area contributed by atoms with Gasteiger partial charge in [0.1, 0.15) is 0 Å². The molecular weight excluding hydrogens is 449 g/mol. The standard InChI is InChI=1S/C30H37F3O2/c1-3-5-18-6-8-19(9-7-18)20-10-12-21(13-11-20)24-17-23-16-22-14-15-25(34-4-2)27(32)29(22)35-30(23)28(33)26(24)31/h14-15,17-21H,3-13,16H2,1-2H3. The third-order valence-electron chi connectivity index (χ3n) is 8.76. The minimum atomic E-state index is -0.999. The summed E-state index contributed by atoms with van der Waals surface area (Å²) in [5, 5.41) is 0. The molecule has 1 aliphatic heterocycles. The topological polar surface area (TPSA) is 18.5 Å². The molecule has 0 amide bonds. The van der Waals surface area contributed by atoms with Crippen molar-refractivity contribution < 1.29 is 22.6 Å². The maximum absolute atomic E-state index is 15.2. The SMILES string of the molecule is CCCC1CCC(C2CCC(c3cc4c(c(F)c3F)Oc3c(ccc(OCC)c3F)C4)CC2)CC1. The monoisotopic (exact) mass is 486 g/mol. The predicted octanol–water partition coefficient (Wildman–Crippen LogP) is 9.08. The Hall–Kier alpha value is -2.17. The molecule has 5 heteroatoms. The Labute approximate surface area is 207 Å². The summed E-state index contributed by atoms with van der Waals surface area (Å²) in [6.07, 6.45) is 12.3. The molecule has 2 fully saturated rings. The van der Waals surface area contributed by atoms with Gasteiger partial charge in [0.15, 0.2) is 23.1 Å². The van der Waals surface area contributed by atoms with Crippen LogP contribution in [0.4, 0.5) is 13.2 Å². The van der Waals surface area contributed by atoms with E-state index in [4.69, 9.17) is 9.47 Å². The number of hydrogen-bond donors (Lipinski definition) is 0. The molecule has 35 heavy (non-hydrogen) atoms. The fourth-order valence-electron chi connectivity index (χ4n) is 6.88. The smallest absolute Gasteiger partial charge is 0.207 e. The average molecular weight is 487 g/mol. The molecule has 2 nitrogen and oxygen atoms in total. The van der Waals surface area contributed by atoms with Gasteiger partial charge in [-0.3, -0.25) is 0 Å². The maximum Gasteiger partial charge on any atom is 0.207 e. The highest BCUT2D eigenvalue weighted by molar-refractivity contribution is 5.55. The number of hydrogen-bond acceptors (Lipinski definition) is 2. The molecule has 0 bridgehead atoms. The quantitative estimate of drug-likeness (QED) is 0.346. The highest BCUT2D eigenvalue weighted by atomic mass is 19.2. The number of halogens is 3. The normalized spacial score (nSPS) is 26.0. The first-order valence-electron chi connectivity index (χ1n) is 13.6. The van der Waals surface area contributed by atoms with Gasteiger partial charge >= 0.3 is 0 Å². The molecule has 0 spiro atoms. The molecule has 190 valence electrons. The zero-order valence-corrected chi connectivity index (χ0v) is 21.0. The van der Waals surface area contributed by atoms with Crippen molar-refractivity contribution in [3.63, 3.8) is 0 Å². The molecule has 2 aliphatic carbocycles. The lowest BCUT2D eigenvalue weighted by atomic mass is 9.68. The number of ether oxygens (including phenoxy) is 2. The van der Waals surface area contributed by atoms with Crippen LogP contribution < -0.4 is 9.47 Å². The van der Waals surface area contributed by atoms with Crippen LogP contribution in [-0.4, -0.2) is 6.61 Å². The molecule has 0 radical (unpaired) electrons. The Morgan fingerprint density at radius 2 is 1.46 bits per heavy atom. The first-order chi connectivity index (χ1) is 17.0. The summed E-state index contributed by atoms with van der Waals surface area (Å²) in [7, 11) is 0. The predicted molar refractivity (Wildman–Crippen MR) is 132 cm³/mol. The van der Waals surface area contributed by atoms with E-state index in [-0.39, 0.29) is 23.2 Å². The second-order valence-corrected chi connectivity index (χ2v) is 10.8. The highest BCUT2D eigenvalue weighted by Gasteiger charge is 2.34. The second-order valence-electron chi connectivity index (χ2n) is 10.8. The zero-order valence-electron chi connectivity index (χ0n) is 21.0. The molecule has 1 heterocycles. The Balaban J connectivity index is 1.29. The largest absolute Gasteiger partial charge is 0.491 e. The Kier molecular flexibility index (Phi) is 7.31. The van der Waals surface area contributed by atoms with Crippen LogP contribution in [0.2, 0.25) is 0 Å². The molecule has 0 N–H and O–H groups in total. The van der Waals surface area contributed by atoms with Gasteiger partial charge in [-0.05, 0) is 86.8 Å². The molecule has 0 unspecified atom stereocenters. The van der Waals surface area contributed by atoms with Crippen molar-refractivity contribution >= 4 is 0 Å². The summed E-state index contributed by atoms with van der Waals surface area (Å²) in [5.74, 6) is -0.241. The number of benzene rings is 2. The van der Waals surface area contributed by atoms with Crippen LogP contribution in [0.5, 0.6) is 17.2 Å². The van der Waals surface area contributed by atoms with Crippen LogP contribution >= 0.6 is 0 Å². The first-order valence-corrected chi connectivity index (χ1v) is 13.6. The lowest BCUT2D eigenvalue weighted by Gasteiger charge is -2.38.